The molecule has 2 aromatic carbocycles. The number of halogens is 4. The molecule has 5 rings (SSSR count). The second-order valence-corrected chi connectivity index (χ2v) is 8.34. The number of ether oxygens (including phenoxy) is 1. The number of methoxy groups -OCH3 is 1. The molecule has 10 heteroatoms. The monoisotopic (exact) mass is 483 g/mol. The summed E-state index contributed by atoms with van der Waals surface area (Å²) in [4.78, 5) is 8.46. The topological polar surface area (TPSA) is 57.8 Å². The van der Waals surface area contributed by atoms with Crippen LogP contribution < -0.4 is 4.74 Å². The summed E-state index contributed by atoms with van der Waals surface area (Å²) in [5, 5.41) is 4.21. The molecule has 0 unspecified atom stereocenters. The highest BCUT2D eigenvalue weighted by Crippen LogP contribution is 2.36. The molecule has 0 spiro atoms. The van der Waals surface area contributed by atoms with Crippen molar-refractivity contribution in [3.8, 4) is 11.4 Å². The summed E-state index contributed by atoms with van der Waals surface area (Å²) in [7, 11) is 1.52. The van der Waals surface area contributed by atoms with Gasteiger partial charge in [0.15, 0.2) is 5.83 Å². The van der Waals surface area contributed by atoms with Crippen molar-refractivity contribution in [3.05, 3.63) is 88.8 Å². The Hall–Kier alpha value is -3.95. The number of aryl methyl sites for hydroxylation is 2. The van der Waals surface area contributed by atoms with Crippen LogP contribution in [-0.4, -0.2) is 31.4 Å². The Bertz CT molecular complexity index is 1420. The number of hydrogen-bond acceptors (Lipinski definition) is 4. The van der Waals surface area contributed by atoms with Gasteiger partial charge in [0.05, 0.1) is 24.8 Å². The highest BCUT2D eigenvalue weighted by Gasteiger charge is 2.31. The molecular weight excluding hydrogens is 462 g/mol. The molecule has 0 amide bonds. The first-order valence-electron chi connectivity index (χ1n) is 11.0. The van der Waals surface area contributed by atoms with Gasteiger partial charge < -0.3 is 9.30 Å². The van der Waals surface area contributed by atoms with Crippen LogP contribution in [0.15, 0.2) is 42.9 Å². The Balaban J connectivity index is 1.48. The normalized spacial score (nSPS) is 15.8. The zero-order valence-electron chi connectivity index (χ0n) is 19.0. The fraction of sp³-hybridized carbons (Fsp3) is 0.240. The summed E-state index contributed by atoms with van der Waals surface area (Å²) in [6.45, 7) is 2.31. The van der Waals surface area contributed by atoms with E-state index in [2.05, 4.69) is 15.1 Å². The van der Waals surface area contributed by atoms with Gasteiger partial charge in [-0.3, -0.25) is 0 Å². The summed E-state index contributed by atoms with van der Waals surface area (Å²) in [6.07, 6.45) is 5.72. The Morgan fingerprint density at radius 2 is 1.91 bits per heavy atom. The second-order valence-electron chi connectivity index (χ2n) is 8.34. The first-order valence-corrected chi connectivity index (χ1v) is 11.0. The number of benzene rings is 2. The van der Waals surface area contributed by atoms with E-state index in [4.69, 9.17) is 4.74 Å². The number of imidazole rings is 1. The summed E-state index contributed by atoms with van der Waals surface area (Å²) in [6, 6.07) is 6.44. The molecular formula is C25H21F4N5O. The third-order valence-electron chi connectivity index (χ3n) is 5.97. The van der Waals surface area contributed by atoms with E-state index < -0.39 is 29.2 Å². The highest BCUT2D eigenvalue weighted by molar-refractivity contribution is 5.75. The Morgan fingerprint density at radius 1 is 1.14 bits per heavy atom. The van der Waals surface area contributed by atoms with Crippen LogP contribution in [0, 0.1) is 24.4 Å². The standard InChI is InChI=1S/C25H21F4N5O/c1-14-12-33(13-30-14)21-6-5-15(9-22(21)35-2)8-20(29)24-31-25-17(4-3-7-34(25)32-24)23-18(27)10-16(26)11-19(23)28/h5-6,8-13,17H,3-4,7H2,1-2H3/t17-/m1/s1. The first-order chi connectivity index (χ1) is 16.8. The molecule has 2 aromatic heterocycles. The maximum Gasteiger partial charge on any atom is 0.210 e. The van der Waals surface area contributed by atoms with E-state index in [0.717, 1.165) is 11.4 Å². The van der Waals surface area contributed by atoms with Gasteiger partial charge in [0.1, 0.15) is 29.0 Å². The molecule has 180 valence electrons. The number of rotatable bonds is 5. The van der Waals surface area contributed by atoms with E-state index >= 15 is 4.39 Å². The van der Waals surface area contributed by atoms with Gasteiger partial charge in [-0.2, -0.15) is 0 Å². The Kier molecular flexibility index (Phi) is 5.88. The predicted octanol–water partition coefficient (Wildman–Crippen LogP) is 5.59. The molecule has 35 heavy (non-hydrogen) atoms. The van der Waals surface area contributed by atoms with Crippen molar-refractivity contribution in [3.63, 3.8) is 0 Å². The summed E-state index contributed by atoms with van der Waals surface area (Å²) in [5.41, 5.74) is 1.81. The zero-order valence-corrected chi connectivity index (χ0v) is 19.0. The molecule has 0 bridgehead atoms. The van der Waals surface area contributed by atoms with E-state index in [9.17, 15) is 13.2 Å². The lowest BCUT2D eigenvalue weighted by molar-refractivity contribution is 0.413. The van der Waals surface area contributed by atoms with Gasteiger partial charge in [-0.15, -0.1) is 5.10 Å². The second kappa shape index (κ2) is 9.01. The van der Waals surface area contributed by atoms with Crippen LogP contribution >= 0.6 is 0 Å². The van der Waals surface area contributed by atoms with Crippen molar-refractivity contribution in [2.75, 3.05) is 7.11 Å². The quantitative estimate of drug-likeness (QED) is 0.347. The van der Waals surface area contributed by atoms with Gasteiger partial charge in [-0.05, 0) is 43.5 Å². The fourth-order valence-electron chi connectivity index (χ4n) is 4.37. The van der Waals surface area contributed by atoms with Gasteiger partial charge in [-0.25, -0.2) is 32.2 Å². The van der Waals surface area contributed by atoms with Gasteiger partial charge >= 0.3 is 0 Å². The maximum atomic E-state index is 15.2. The summed E-state index contributed by atoms with van der Waals surface area (Å²) in [5.74, 6) is -3.94. The molecule has 3 heterocycles. The molecule has 1 atom stereocenters. The fourth-order valence-corrected chi connectivity index (χ4v) is 4.37. The minimum Gasteiger partial charge on any atom is -0.495 e. The van der Waals surface area contributed by atoms with Crippen molar-refractivity contribution >= 4 is 11.9 Å². The minimum atomic E-state index is -1.000. The number of nitrogens with zero attached hydrogens (tertiary/aromatic N) is 5. The maximum absolute atomic E-state index is 15.2. The van der Waals surface area contributed by atoms with E-state index in [-0.39, 0.29) is 17.2 Å². The van der Waals surface area contributed by atoms with Gasteiger partial charge in [0.2, 0.25) is 5.82 Å². The van der Waals surface area contributed by atoms with Crippen molar-refractivity contribution in [1.29, 1.82) is 0 Å². The number of fused-ring (bicyclic) bond motifs is 1. The molecule has 6 nitrogen and oxygen atoms in total. The molecule has 0 fully saturated rings. The first kappa shape index (κ1) is 22.8. The molecule has 0 aliphatic carbocycles. The molecule has 0 radical (unpaired) electrons. The van der Waals surface area contributed by atoms with Crippen LogP contribution in [0.3, 0.4) is 0 Å². The third kappa shape index (κ3) is 4.31. The van der Waals surface area contributed by atoms with Crippen LogP contribution in [0.25, 0.3) is 17.6 Å². The van der Waals surface area contributed by atoms with Crippen LogP contribution in [0.4, 0.5) is 17.6 Å². The average molecular weight is 483 g/mol. The number of aromatic nitrogens is 5. The van der Waals surface area contributed by atoms with Crippen LogP contribution in [0.2, 0.25) is 0 Å². The molecule has 0 saturated heterocycles. The van der Waals surface area contributed by atoms with Crippen molar-refractivity contribution < 1.29 is 22.3 Å². The van der Waals surface area contributed by atoms with Gasteiger partial charge in [-0.1, -0.05) is 6.07 Å². The van der Waals surface area contributed by atoms with Gasteiger partial charge in [0.25, 0.3) is 0 Å². The van der Waals surface area contributed by atoms with E-state index in [0.29, 0.717) is 42.8 Å². The molecule has 0 saturated carbocycles. The van der Waals surface area contributed by atoms with Crippen molar-refractivity contribution in [2.45, 2.75) is 32.2 Å². The van der Waals surface area contributed by atoms with Crippen molar-refractivity contribution in [2.24, 2.45) is 0 Å². The molecule has 4 aromatic rings. The van der Waals surface area contributed by atoms with Crippen LogP contribution in [0.5, 0.6) is 5.75 Å². The molecule has 1 aliphatic heterocycles. The smallest absolute Gasteiger partial charge is 0.210 e. The van der Waals surface area contributed by atoms with Gasteiger partial charge in [0, 0.05) is 36.4 Å². The van der Waals surface area contributed by atoms with E-state index in [1.54, 1.807) is 29.1 Å². The molecule has 1 aliphatic rings. The summed E-state index contributed by atoms with van der Waals surface area (Å²) >= 11 is 0. The average Bonchev–Trinajstić information content (AvgIpc) is 3.45. The predicted molar refractivity (Wildman–Crippen MR) is 121 cm³/mol. The zero-order chi connectivity index (χ0) is 24.7. The Labute approximate surface area is 198 Å². The summed E-state index contributed by atoms with van der Waals surface area (Å²) < 4.78 is 66.1. The molecule has 0 N–H and O–H groups in total. The van der Waals surface area contributed by atoms with E-state index in [1.807, 2.05) is 13.1 Å². The van der Waals surface area contributed by atoms with Crippen molar-refractivity contribution in [1.82, 2.24) is 24.3 Å². The Morgan fingerprint density at radius 3 is 2.60 bits per heavy atom. The lowest BCUT2D eigenvalue weighted by atomic mass is 9.90. The van der Waals surface area contributed by atoms with Crippen LogP contribution in [-0.2, 0) is 6.54 Å². The lowest BCUT2D eigenvalue weighted by Crippen LogP contribution is -2.20. The number of hydrogen-bond donors (Lipinski definition) is 0. The minimum absolute atomic E-state index is 0.192. The largest absolute Gasteiger partial charge is 0.495 e. The lowest BCUT2D eigenvalue weighted by Gasteiger charge is -2.23. The van der Waals surface area contributed by atoms with E-state index in [1.165, 1.54) is 17.9 Å². The van der Waals surface area contributed by atoms with Crippen LogP contribution in [0.1, 0.15) is 47.2 Å². The highest BCUT2D eigenvalue weighted by atomic mass is 19.1. The SMILES string of the molecule is COc1cc(C=C(F)c2nc3n(n2)CCC[C@@H]3c2c(F)cc(F)cc2F)ccc1-n1cnc(C)c1. The third-order valence-corrected chi connectivity index (χ3v) is 5.97.